The number of rotatable bonds is 4. The summed E-state index contributed by atoms with van der Waals surface area (Å²) in [6.45, 7) is 1.80. The summed E-state index contributed by atoms with van der Waals surface area (Å²) in [5, 5.41) is 9.99. The van der Waals surface area contributed by atoms with Crippen LogP contribution in [-0.2, 0) is 0 Å². The monoisotopic (exact) mass is 282 g/mol. The molecule has 0 aliphatic rings. The highest BCUT2D eigenvalue weighted by atomic mass is 79.9. The molecule has 1 aromatic carbocycles. The van der Waals surface area contributed by atoms with E-state index in [4.69, 9.17) is 4.74 Å². The molecule has 0 fully saturated rings. The Bertz CT molecular complexity index is 404. The van der Waals surface area contributed by atoms with Gasteiger partial charge in [0, 0.05) is 10.9 Å². The van der Waals surface area contributed by atoms with Crippen LogP contribution in [0.25, 0.3) is 0 Å². The second-order valence-corrected chi connectivity index (χ2v) is 4.22. The number of hydrogen-bond acceptors (Lipinski definition) is 2. The van der Waals surface area contributed by atoms with Crippen LogP contribution < -0.4 is 4.74 Å². The molecule has 0 aromatic heterocycles. The lowest BCUT2D eigenvalue weighted by Crippen LogP contribution is -1.99. The summed E-state index contributed by atoms with van der Waals surface area (Å²) in [4.78, 5) is 0. The molecule has 0 radical (unpaired) electrons. The van der Waals surface area contributed by atoms with Gasteiger partial charge in [0.25, 0.3) is 0 Å². The van der Waals surface area contributed by atoms with Crippen LogP contribution in [0.4, 0.5) is 0 Å². The van der Waals surface area contributed by atoms with E-state index in [1.165, 1.54) is 0 Å². The maximum Gasteiger partial charge on any atom is 0.119 e. The highest BCUT2D eigenvalue weighted by Gasteiger charge is 2.11. The average Bonchev–Trinajstić information content (AvgIpc) is 2.30. The molecule has 0 aliphatic carbocycles. The molecule has 0 bridgehead atoms. The Hall–Kier alpha value is -0.980. The minimum atomic E-state index is -0.509. The predicted molar refractivity (Wildman–Crippen MR) is 68.3 cm³/mol. The third-order valence-corrected chi connectivity index (χ3v) is 3.00. The zero-order chi connectivity index (χ0) is 12.0. The van der Waals surface area contributed by atoms with E-state index in [1.54, 1.807) is 14.0 Å². The van der Waals surface area contributed by atoms with Gasteiger partial charge in [0.05, 0.1) is 13.2 Å². The van der Waals surface area contributed by atoms with Crippen molar-refractivity contribution in [3.8, 4) is 17.6 Å². The standard InChI is InChI=1S/C13H15BrO2/c1-3-4-5-6-13(15)11-9-10(16-2)7-8-12(11)14/h7-9,13,15H,5-6H2,1-2H3. The van der Waals surface area contributed by atoms with Gasteiger partial charge in [-0.2, -0.15) is 0 Å². The van der Waals surface area contributed by atoms with Gasteiger partial charge in [0.15, 0.2) is 0 Å². The van der Waals surface area contributed by atoms with E-state index in [1.807, 2.05) is 18.2 Å². The van der Waals surface area contributed by atoms with Crippen molar-refractivity contribution in [1.29, 1.82) is 0 Å². The van der Waals surface area contributed by atoms with Crippen molar-refractivity contribution in [1.82, 2.24) is 0 Å². The van der Waals surface area contributed by atoms with Gasteiger partial charge in [-0.1, -0.05) is 15.9 Å². The van der Waals surface area contributed by atoms with Gasteiger partial charge in [-0.15, -0.1) is 11.8 Å². The van der Waals surface area contributed by atoms with Gasteiger partial charge in [-0.25, -0.2) is 0 Å². The van der Waals surface area contributed by atoms with E-state index in [9.17, 15) is 5.11 Å². The number of methoxy groups -OCH3 is 1. The molecule has 0 heterocycles. The van der Waals surface area contributed by atoms with Crippen LogP contribution >= 0.6 is 15.9 Å². The Morgan fingerprint density at radius 1 is 1.50 bits per heavy atom. The molecule has 3 heteroatoms. The van der Waals surface area contributed by atoms with Crippen molar-refractivity contribution in [3.05, 3.63) is 28.2 Å². The number of aliphatic hydroxyl groups excluding tert-OH is 1. The summed E-state index contributed by atoms with van der Waals surface area (Å²) in [6, 6.07) is 5.57. The molecule has 0 saturated carbocycles. The largest absolute Gasteiger partial charge is 0.497 e. The maximum atomic E-state index is 9.99. The molecule has 16 heavy (non-hydrogen) atoms. The molecule has 1 atom stereocenters. The lowest BCUT2D eigenvalue weighted by atomic mass is 10.0. The Kier molecular flexibility index (Phi) is 5.37. The van der Waals surface area contributed by atoms with Gasteiger partial charge in [0.2, 0.25) is 0 Å². The topological polar surface area (TPSA) is 29.5 Å². The molecule has 0 spiro atoms. The lowest BCUT2D eigenvalue weighted by molar-refractivity contribution is 0.168. The molecule has 1 aromatic rings. The highest BCUT2D eigenvalue weighted by Crippen LogP contribution is 2.29. The van der Waals surface area contributed by atoms with E-state index in [0.29, 0.717) is 12.8 Å². The zero-order valence-corrected chi connectivity index (χ0v) is 11.0. The van der Waals surface area contributed by atoms with Crippen molar-refractivity contribution in [2.75, 3.05) is 7.11 Å². The van der Waals surface area contributed by atoms with Gasteiger partial charge >= 0.3 is 0 Å². The van der Waals surface area contributed by atoms with Crippen LogP contribution in [0.2, 0.25) is 0 Å². The van der Waals surface area contributed by atoms with Gasteiger partial charge in [0.1, 0.15) is 5.75 Å². The normalized spacial score (nSPS) is 11.5. The van der Waals surface area contributed by atoms with Crippen molar-refractivity contribution in [2.45, 2.75) is 25.9 Å². The molecular formula is C13H15BrO2. The van der Waals surface area contributed by atoms with Crippen molar-refractivity contribution in [2.24, 2.45) is 0 Å². The van der Waals surface area contributed by atoms with Crippen LogP contribution in [0.1, 0.15) is 31.4 Å². The van der Waals surface area contributed by atoms with Crippen molar-refractivity contribution < 1.29 is 9.84 Å². The van der Waals surface area contributed by atoms with Crippen molar-refractivity contribution in [3.63, 3.8) is 0 Å². The molecule has 0 amide bonds. The smallest absolute Gasteiger partial charge is 0.119 e. The Labute approximate surface area is 105 Å². The summed E-state index contributed by atoms with van der Waals surface area (Å²) in [7, 11) is 1.61. The fourth-order valence-electron chi connectivity index (χ4n) is 1.39. The molecule has 1 rings (SSSR count). The predicted octanol–water partition coefficient (Wildman–Crippen LogP) is 3.29. The number of hydrogen-bond donors (Lipinski definition) is 1. The first-order chi connectivity index (χ1) is 7.69. The molecule has 0 aliphatic heterocycles. The minimum absolute atomic E-state index is 0.509. The molecule has 2 nitrogen and oxygen atoms in total. The van der Waals surface area contributed by atoms with E-state index < -0.39 is 6.10 Å². The van der Waals surface area contributed by atoms with Gasteiger partial charge < -0.3 is 9.84 Å². The Morgan fingerprint density at radius 3 is 2.88 bits per heavy atom. The summed E-state index contributed by atoms with van der Waals surface area (Å²) < 4.78 is 6.02. The number of aliphatic hydroxyl groups is 1. The number of benzene rings is 1. The van der Waals surface area contributed by atoms with Crippen molar-refractivity contribution >= 4 is 15.9 Å². The van der Waals surface area contributed by atoms with Crippen LogP contribution in [0.5, 0.6) is 5.75 Å². The minimum Gasteiger partial charge on any atom is -0.497 e. The Balaban J connectivity index is 2.79. The third kappa shape index (κ3) is 3.55. The van der Waals surface area contributed by atoms with E-state index in [2.05, 4.69) is 27.8 Å². The van der Waals surface area contributed by atoms with Gasteiger partial charge in [-0.3, -0.25) is 0 Å². The van der Waals surface area contributed by atoms with E-state index in [0.717, 1.165) is 15.8 Å². The summed E-state index contributed by atoms with van der Waals surface area (Å²) in [6.07, 6.45) is 0.818. The summed E-state index contributed by atoms with van der Waals surface area (Å²) in [5.74, 6) is 6.50. The van der Waals surface area contributed by atoms with E-state index >= 15 is 0 Å². The van der Waals surface area contributed by atoms with Crippen LogP contribution in [-0.4, -0.2) is 12.2 Å². The molecule has 1 N–H and O–H groups in total. The third-order valence-electron chi connectivity index (χ3n) is 2.28. The van der Waals surface area contributed by atoms with Crippen LogP contribution in [0.3, 0.4) is 0 Å². The van der Waals surface area contributed by atoms with E-state index in [-0.39, 0.29) is 0 Å². The first-order valence-corrected chi connectivity index (χ1v) is 5.89. The van der Waals surface area contributed by atoms with Gasteiger partial charge in [-0.05, 0) is 37.1 Å². The first-order valence-electron chi connectivity index (χ1n) is 5.10. The Morgan fingerprint density at radius 2 is 2.25 bits per heavy atom. The molecule has 0 saturated heterocycles. The SMILES string of the molecule is CC#CCCC(O)c1cc(OC)ccc1Br. The molecule has 86 valence electrons. The zero-order valence-electron chi connectivity index (χ0n) is 9.46. The second-order valence-electron chi connectivity index (χ2n) is 3.37. The molecular weight excluding hydrogens is 268 g/mol. The second kappa shape index (κ2) is 6.57. The fraction of sp³-hybridized carbons (Fsp3) is 0.385. The van der Waals surface area contributed by atoms with Crippen LogP contribution in [0.15, 0.2) is 22.7 Å². The summed E-state index contributed by atoms with van der Waals surface area (Å²) >= 11 is 3.42. The molecule has 1 unspecified atom stereocenters. The fourth-order valence-corrected chi connectivity index (χ4v) is 1.90. The average molecular weight is 283 g/mol. The lowest BCUT2D eigenvalue weighted by Gasteiger charge is -2.12. The highest BCUT2D eigenvalue weighted by molar-refractivity contribution is 9.10. The first kappa shape index (κ1) is 13.1. The van der Waals surface area contributed by atoms with Crippen LogP contribution in [0, 0.1) is 11.8 Å². The number of ether oxygens (including phenoxy) is 1. The summed E-state index contributed by atoms with van der Waals surface area (Å²) in [5.41, 5.74) is 0.845. The number of halogens is 1. The quantitative estimate of drug-likeness (QED) is 0.859. The maximum absolute atomic E-state index is 9.99.